The monoisotopic (exact) mass is 312 g/mol. The Morgan fingerprint density at radius 3 is 2.62 bits per heavy atom. The van der Waals surface area contributed by atoms with Crippen LogP contribution in [0.1, 0.15) is 18.4 Å². The van der Waals surface area contributed by atoms with Crippen molar-refractivity contribution in [2.24, 2.45) is 5.92 Å². The summed E-state index contributed by atoms with van der Waals surface area (Å²) in [5.74, 6) is 1.71. The molecule has 1 saturated heterocycles. The van der Waals surface area contributed by atoms with E-state index in [0.29, 0.717) is 12.3 Å². The normalized spacial score (nSPS) is 15.4. The first kappa shape index (κ1) is 17.8. The van der Waals surface area contributed by atoms with Crippen LogP contribution in [0.25, 0.3) is 0 Å². The number of likely N-dealkylation sites (tertiary alicyclic amines) is 1. The minimum atomic E-state index is 0. The molecule has 1 aliphatic rings. The Morgan fingerprint density at radius 2 is 2.00 bits per heavy atom. The third-order valence-corrected chi connectivity index (χ3v) is 3.99. The van der Waals surface area contributed by atoms with Gasteiger partial charge >= 0.3 is 0 Å². The molecule has 1 aromatic rings. The Kier molecular flexibility index (Phi) is 7.54. The maximum Gasteiger partial charge on any atom is 0.227 e. The molecule has 4 nitrogen and oxygen atoms in total. The van der Waals surface area contributed by atoms with Crippen molar-refractivity contribution in [3.63, 3.8) is 0 Å². The van der Waals surface area contributed by atoms with Gasteiger partial charge in [-0.15, -0.1) is 12.4 Å². The minimum absolute atomic E-state index is 0. The van der Waals surface area contributed by atoms with Gasteiger partial charge in [-0.3, -0.25) is 4.79 Å². The van der Waals surface area contributed by atoms with E-state index in [9.17, 15) is 4.79 Å². The minimum Gasteiger partial charge on any atom is -0.496 e. The van der Waals surface area contributed by atoms with E-state index in [1.54, 1.807) is 7.11 Å². The standard InChI is InChI=1S/C16H24N2O2.ClH/c1-17-12-13-7-9-18(10-8-13)16(19)11-14-5-3-4-6-15(14)20-2;/h3-6,13,17H,7-12H2,1-2H3;1H. The number of amides is 1. The molecule has 0 saturated carbocycles. The Morgan fingerprint density at radius 1 is 1.33 bits per heavy atom. The quantitative estimate of drug-likeness (QED) is 0.905. The van der Waals surface area contributed by atoms with E-state index in [1.807, 2.05) is 36.2 Å². The van der Waals surface area contributed by atoms with Crippen LogP contribution < -0.4 is 10.1 Å². The molecule has 1 heterocycles. The van der Waals surface area contributed by atoms with E-state index in [-0.39, 0.29) is 18.3 Å². The molecule has 0 aliphatic carbocycles. The zero-order chi connectivity index (χ0) is 14.4. The number of para-hydroxylation sites is 1. The zero-order valence-corrected chi connectivity index (χ0v) is 13.6. The van der Waals surface area contributed by atoms with Gasteiger partial charge in [-0.2, -0.15) is 0 Å². The number of methoxy groups -OCH3 is 1. The number of halogens is 1. The lowest BCUT2D eigenvalue weighted by molar-refractivity contribution is -0.131. The summed E-state index contributed by atoms with van der Waals surface area (Å²) in [4.78, 5) is 14.3. The second kappa shape index (κ2) is 8.90. The fourth-order valence-electron chi connectivity index (χ4n) is 2.80. The Hall–Kier alpha value is -1.26. The van der Waals surface area contributed by atoms with E-state index in [4.69, 9.17) is 4.74 Å². The van der Waals surface area contributed by atoms with Crippen LogP contribution in [-0.2, 0) is 11.2 Å². The van der Waals surface area contributed by atoms with Gasteiger partial charge < -0.3 is 15.0 Å². The van der Waals surface area contributed by atoms with Gasteiger partial charge in [0.2, 0.25) is 5.91 Å². The molecule has 0 atom stereocenters. The van der Waals surface area contributed by atoms with Crippen molar-refractivity contribution in [3.05, 3.63) is 29.8 Å². The summed E-state index contributed by atoms with van der Waals surface area (Å²) in [6.45, 7) is 2.80. The van der Waals surface area contributed by atoms with Crippen LogP contribution in [0.2, 0.25) is 0 Å². The molecule has 1 amide bonds. The summed E-state index contributed by atoms with van der Waals surface area (Å²) in [7, 11) is 3.63. The van der Waals surface area contributed by atoms with Gasteiger partial charge in [-0.1, -0.05) is 18.2 Å². The fraction of sp³-hybridized carbons (Fsp3) is 0.562. The lowest BCUT2D eigenvalue weighted by atomic mass is 9.96. The van der Waals surface area contributed by atoms with Gasteiger partial charge in [0, 0.05) is 18.7 Å². The summed E-state index contributed by atoms with van der Waals surface area (Å²) < 4.78 is 5.30. The number of carbonyl (C=O) groups excluding carboxylic acids is 1. The van der Waals surface area contributed by atoms with Gasteiger partial charge in [-0.25, -0.2) is 0 Å². The maximum atomic E-state index is 12.4. The molecular weight excluding hydrogens is 288 g/mol. The van der Waals surface area contributed by atoms with Crippen molar-refractivity contribution in [3.8, 4) is 5.75 Å². The molecule has 0 bridgehead atoms. The Balaban J connectivity index is 0.00000220. The van der Waals surface area contributed by atoms with Crippen molar-refractivity contribution in [1.29, 1.82) is 0 Å². The third kappa shape index (κ3) is 4.90. The molecule has 5 heteroatoms. The van der Waals surface area contributed by atoms with Gasteiger partial charge in [-0.05, 0) is 38.4 Å². The zero-order valence-electron chi connectivity index (χ0n) is 12.8. The average Bonchev–Trinajstić information content (AvgIpc) is 2.49. The largest absolute Gasteiger partial charge is 0.496 e. The second-order valence-electron chi connectivity index (χ2n) is 5.37. The molecule has 1 fully saturated rings. The SMILES string of the molecule is CNCC1CCN(C(=O)Cc2ccccc2OC)CC1.Cl. The summed E-state index contributed by atoms with van der Waals surface area (Å²) >= 11 is 0. The fourth-order valence-corrected chi connectivity index (χ4v) is 2.80. The Labute approximate surface area is 133 Å². The van der Waals surface area contributed by atoms with E-state index < -0.39 is 0 Å². The summed E-state index contributed by atoms with van der Waals surface area (Å²) in [6.07, 6.45) is 2.62. The number of nitrogens with one attached hydrogen (secondary N) is 1. The highest BCUT2D eigenvalue weighted by Gasteiger charge is 2.22. The molecule has 1 aromatic carbocycles. The van der Waals surface area contributed by atoms with Crippen LogP contribution in [-0.4, -0.2) is 44.6 Å². The van der Waals surface area contributed by atoms with Crippen molar-refractivity contribution in [2.45, 2.75) is 19.3 Å². The first-order chi connectivity index (χ1) is 9.74. The molecule has 0 spiro atoms. The number of piperidine rings is 1. The highest BCUT2D eigenvalue weighted by molar-refractivity contribution is 5.85. The predicted octanol–water partition coefficient (Wildman–Crippen LogP) is 2.12. The van der Waals surface area contributed by atoms with Crippen LogP contribution in [0, 0.1) is 5.92 Å². The molecule has 21 heavy (non-hydrogen) atoms. The van der Waals surface area contributed by atoms with Crippen LogP contribution >= 0.6 is 12.4 Å². The van der Waals surface area contributed by atoms with Crippen molar-refractivity contribution in [2.75, 3.05) is 33.8 Å². The molecule has 1 aliphatic heterocycles. The Bertz CT molecular complexity index is 446. The molecule has 0 unspecified atom stereocenters. The number of rotatable bonds is 5. The first-order valence-corrected chi connectivity index (χ1v) is 7.29. The maximum absolute atomic E-state index is 12.4. The van der Waals surface area contributed by atoms with E-state index >= 15 is 0 Å². The van der Waals surface area contributed by atoms with Crippen molar-refractivity contribution >= 4 is 18.3 Å². The van der Waals surface area contributed by atoms with Crippen LogP contribution in [0.15, 0.2) is 24.3 Å². The number of hydrogen-bond acceptors (Lipinski definition) is 3. The van der Waals surface area contributed by atoms with Crippen LogP contribution in [0.3, 0.4) is 0 Å². The van der Waals surface area contributed by atoms with Crippen molar-refractivity contribution in [1.82, 2.24) is 10.2 Å². The third-order valence-electron chi connectivity index (χ3n) is 3.99. The van der Waals surface area contributed by atoms with Gasteiger partial charge in [0.25, 0.3) is 0 Å². The van der Waals surface area contributed by atoms with E-state index in [2.05, 4.69) is 5.32 Å². The summed E-state index contributed by atoms with van der Waals surface area (Å²) in [6, 6.07) is 7.74. The molecule has 2 rings (SSSR count). The molecule has 0 radical (unpaired) electrons. The molecular formula is C16H25ClN2O2. The lowest BCUT2D eigenvalue weighted by Gasteiger charge is -2.32. The van der Waals surface area contributed by atoms with Gasteiger partial charge in [0.05, 0.1) is 13.5 Å². The summed E-state index contributed by atoms with van der Waals surface area (Å²) in [5, 5.41) is 3.22. The van der Waals surface area contributed by atoms with Crippen molar-refractivity contribution < 1.29 is 9.53 Å². The smallest absolute Gasteiger partial charge is 0.227 e. The van der Waals surface area contributed by atoms with E-state index in [0.717, 1.165) is 43.8 Å². The lowest BCUT2D eigenvalue weighted by Crippen LogP contribution is -2.41. The first-order valence-electron chi connectivity index (χ1n) is 7.29. The molecule has 1 N–H and O–H groups in total. The molecule has 118 valence electrons. The topological polar surface area (TPSA) is 41.6 Å². The van der Waals surface area contributed by atoms with Gasteiger partial charge in [0.15, 0.2) is 0 Å². The van der Waals surface area contributed by atoms with Crippen LogP contribution in [0.4, 0.5) is 0 Å². The van der Waals surface area contributed by atoms with Gasteiger partial charge in [0.1, 0.15) is 5.75 Å². The molecule has 0 aromatic heterocycles. The highest BCUT2D eigenvalue weighted by atomic mass is 35.5. The van der Waals surface area contributed by atoms with Crippen LogP contribution in [0.5, 0.6) is 5.75 Å². The van der Waals surface area contributed by atoms with E-state index in [1.165, 1.54) is 0 Å². The predicted molar refractivity (Wildman–Crippen MR) is 87.2 cm³/mol. The average molecular weight is 313 g/mol. The number of carbonyl (C=O) groups is 1. The number of ether oxygens (including phenoxy) is 1. The number of hydrogen-bond donors (Lipinski definition) is 1. The summed E-state index contributed by atoms with van der Waals surface area (Å²) in [5.41, 5.74) is 0.970. The second-order valence-corrected chi connectivity index (χ2v) is 5.37. The number of nitrogens with zero attached hydrogens (tertiary/aromatic N) is 1. The highest BCUT2D eigenvalue weighted by Crippen LogP contribution is 2.21. The number of benzene rings is 1.